The van der Waals surface area contributed by atoms with Crippen molar-refractivity contribution in [2.45, 2.75) is 13.8 Å². The lowest BCUT2D eigenvalue weighted by atomic mass is 10.1. The Hall–Kier alpha value is -1.55. The highest BCUT2D eigenvalue weighted by Gasteiger charge is 2.15. The number of rotatable bonds is 5. The zero-order valence-electron chi connectivity index (χ0n) is 10.7. The number of aryl methyl sites for hydroxylation is 1. The predicted molar refractivity (Wildman–Crippen MR) is 69.0 cm³/mol. The molecule has 0 bridgehead atoms. The summed E-state index contributed by atoms with van der Waals surface area (Å²) < 4.78 is 5.00. The average Bonchev–Trinajstić information content (AvgIpc) is 2.33. The number of nitrogen functional groups attached to an aromatic ring is 1. The van der Waals surface area contributed by atoms with Crippen LogP contribution in [0.25, 0.3) is 0 Å². The molecule has 4 heteroatoms. The lowest BCUT2D eigenvalue weighted by Gasteiger charge is -2.21. The molecule has 0 aliphatic carbocycles. The van der Waals surface area contributed by atoms with E-state index in [-0.39, 0.29) is 5.91 Å². The Bertz CT molecular complexity index is 391. The third kappa shape index (κ3) is 3.46. The lowest BCUT2D eigenvalue weighted by Crippen LogP contribution is -2.34. The van der Waals surface area contributed by atoms with Crippen molar-refractivity contribution < 1.29 is 9.53 Å². The molecule has 4 nitrogen and oxygen atoms in total. The van der Waals surface area contributed by atoms with E-state index in [1.807, 2.05) is 19.9 Å². The van der Waals surface area contributed by atoms with Crippen LogP contribution in [-0.2, 0) is 4.74 Å². The molecule has 0 radical (unpaired) electrons. The second-order valence-corrected chi connectivity index (χ2v) is 3.95. The van der Waals surface area contributed by atoms with Gasteiger partial charge in [0.05, 0.1) is 6.61 Å². The zero-order valence-corrected chi connectivity index (χ0v) is 10.7. The Morgan fingerprint density at radius 2 is 2.18 bits per heavy atom. The van der Waals surface area contributed by atoms with Gasteiger partial charge in [-0.2, -0.15) is 0 Å². The standard InChI is InChI=1S/C13H20N2O2/c1-4-15(7-8-17-3)13(16)12-9-11(14)6-5-10(12)2/h5-6,9H,4,7-8,14H2,1-3H3. The van der Waals surface area contributed by atoms with Gasteiger partial charge in [-0.3, -0.25) is 4.79 Å². The number of hydrogen-bond donors (Lipinski definition) is 1. The summed E-state index contributed by atoms with van der Waals surface area (Å²) in [5.41, 5.74) is 7.94. The van der Waals surface area contributed by atoms with Crippen molar-refractivity contribution in [1.82, 2.24) is 4.90 Å². The van der Waals surface area contributed by atoms with Crippen LogP contribution in [-0.4, -0.2) is 37.6 Å². The van der Waals surface area contributed by atoms with Gasteiger partial charge in [-0.05, 0) is 31.5 Å². The van der Waals surface area contributed by atoms with Crippen molar-refractivity contribution in [1.29, 1.82) is 0 Å². The number of methoxy groups -OCH3 is 1. The summed E-state index contributed by atoms with van der Waals surface area (Å²) in [6.45, 7) is 5.67. The van der Waals surface area contributed by atoms with Crippen LogP contribution in [0.2, 0.25) is 0 Å². The summed E-state index contributed by atoms with van der Waals surface area (Å²) in [4.78, 5) is 14.0. The van der Waals surface area contributed by atoms with Crippen LogP contribution in [0.3, 0.4) is 0 Å². The number of ether oxygens (including phenoxy) is 1. The first kappa shape index (κ1) is 13.5. The molecule has 0 aliphatic rings. The van der Waals surface area contributed by atoms with Crippen molar-refractivity contribution >= 4 is 11.6 Å². The molecule has 2 N–H and O–H groups in total. The summed E-state index contributed by atoms with van der Waals surface area (Å²) in [5, 5.41) is 0. The molecule has 0 atom stereocenters. The molecule has 0 spiro atoms. The minimum atomic E-state index is 0.00866. The molecule has 1 rings (SSSR count). The smallest absolute Gasteiger partial charge is 0.254 e. The van der Waals surface area contributed by atoms with Crippen LogP contribution in [0.5, 0.6) is 0 Å². The minimum absolute atomic E-state index is 0.00866. The van der Waals surface area contributed by atoms with Crippen molar-refractivity contribution in [3.8, 4) is 0 Å². The first-order chi connectivity index (χ1) is 8.10. The van der Waals surface area contributed by atoms with E-state index in [1.54, 1.807) is 24.1 Å². The fourth-order valence-electron chi connectivity index (χ4n) is 1.65. The number of amides is 1. The normalized spacial score (nSPS) is 10.3. The number of benzene rings is 1. The van der Waals surface area contributed by atoms with Gasteiger partial charge >= 0.3 is 0 Å². The largest absolute Gasteiger partial charge is 0.399 e. The van der Waals surface area contributed by atoms with Gasteiger partial charge in [0.15, 0.2) is 0 Å². The number of anilines is 1. The Balaban J connectivity index is 2.89. The first-order valence-corrected chi connectivity index (χ1v) is 5.74. The molecule has 1 aromatic rings. The Morgan fingerprint density at radius 3 is 2.76 bits per heavy atom. The van der Waals surface area contributed by atoms with E-state index in [4.69, 9.17) is 10.5 Å². The van der Waals surface area contributed by atoms with Crippen molar-refractivity contribution in [2.75, 3.05) is 32.5 Å². The van der Waals surface area contributed by atoms with Crippen LogP contribution in [0.15, 0.2) is 18.2 Å². The average molecular weight is 236 g/mol. The minimum Gasteiger partial charge on any atom is -0.399 e. The van der Waals surface area contributed by atoms with Crippen molar-refractivity contribution in [2.24, 2.45) is 0 Å². The molecule has 0 heterocycles. The predicted octanol–water partition coefficient (Wildman–Crippen LogP) is 1.69. The third-order valence-corrected chi connectivity index (χ3v) is 2.73. The molecule has 0 unspecified atom stereocenters. The van der Waals surface area contributed by atoms with Gasteiger partial charge in [0.1, 0.15) is 0 Å². The zero-order chi connectivity index (χ0) is 12.8. The highest BCUT2D eigenvalue weighted by molar-refractivity contribution is 5.96. The molecular weight excluding hydrogens is 216 g/mol. The highest BCUT2D eigenvalue weighted by Crippen LogP contribution is 2.15. The van der Waals surface area contributed by atoms with Gasteiger partial charge in [-0.1, -0.05) is 6.07 Å². The SMILES string of the molecule is CCN(CCOC)C(=O)c1cc(N)ccc1C. The molecule has 1 aromatic carbocycles. The number of nitrogens with zero attached hydrogens (tertiary/aromatic N) is 1. The van der Waals surface area contributed by atoms with E-state index >= 15 is 0 Å². The molecule has 1 amide bonds. The van der Waals surface area contributed by atoms with E-state index in [1.165, 1.54) is 0 Å². The van der Waals surface area contributed by atoms with Crippen LogP contribution in [0.4, 0.5) is 5.69 Å². The van der Waals surface area contributed by atoms with Gasteiger partial charge < -0.3 is 15.4 Å². The van der Waals surface area contributed by atoms with Crippen molar-refractivity contribution in [3.63, 3.8) is 0 Å². The fourth-order valence-corrected chi connectivity index (χ4v) is 1.65. The summed E-state index contributed by atoms with van der Waals surface area (Å²) >= 11 is 0. The van der Waals surface area contributed by atoms with E-state index in [0.717, 1.165) is 5.56 Å². The van der Waals surface area contributed by atoms with E-state index < -0.39 is 0 Å². The fraction of sp³-hybridized carbons (Fsp3) is 0.462. The van der Waals surface area contributed by atoms with E-state index in [0.29, 0.717) is 30.9 Å². The maximum absolute atomic E-state index is 12.3. The molecule has 0 saturated carbocycles. The second kappa shape index (κ2) is 6.25. The number of hydrogen-bond acceptors (Lipinski definition) is 3. The van der Waals surface area contributed by atoms with E-state index in [2.05, 4.69) is 0 Å². The van der Waals surface area contributed by atoms with Crippen molar-refractivity contribution in [3.05, 3.63) is 29.3 Å². The summed E-state index contributed by atoms with van der Waals surface area (Å²) in [7, 11) is 1.63. The number of carbonyl (C=O) groups is 1. The molecule has 0 fully saturated rings. The maximum atomic E-state index is 12.3. The van der Waals surface area contributed by atoms with Gasteiger partial charge in [0.25, 0.3) is 5.91 Å². The van der Waals surface area contributed by atoms with Gasteiger partial charge in [-0.25, -0.2) is 0 Å². The van der Waals surface area contributed by atoms with Crippen LogP contribution >= 0.6 is 0 Å². The summed E-state index contributed by atoms with van der Waals surface area (Å²) in [6.07, 6.45) is 0. The summed E-state index contributed by atoms with van der Waals surface area (Å²) in [5.74, 6) is 0.00866. The van der Waals surface area contributed by atoms with Crippen LogP contribution in [0, 0.1) is 6.92 Å². The molecule has 94 valence electrons. The molecule has 17 heavy (non-hydrogen) atoms. The van der Waals surface area contributed by atoms with Crippen LogP contribution in [0.1, 0.15) is 22.8 Å². The third-order valence-electron chi connectivity index (χ3n) is 2.73. The summed E-state index contributed by atoms with van der Waals surface area (Å²) in [6, 6.07) is 5.40. The number of carbonyl (C=O) groups excluding carboxylic acids is 1. The Morgan fingerprint density at radius 1 is 1.47 bits per heavy atom. The maximum Gasteiger partial charge on any atom is 0.254 e. The molecular formula is C13H20N2O2. The Labute approximate surface area is 102 Å². The lowest BCUT2D eigenvalue weighted by molar-refractivity contribution is 0.0706. The Kier molecular flexibility index (Phi) is 4.97. The van der Waals surface area contributed by atoms with Gasteiger partial charge in [0, 0.05) is 31.5 Å². The first-order valence-electron chi connectivity index (χ1n) is 5.74. The quantitative estimate of drug-likeness (QED) is 0.791. The molecule has 0 aliphatic heterocycles. The molecule has 0 aromatic heterocycles. The van der Waals surface area contributed by atoms with Crippen LogP contribution < -0.4 is 5.73 Å². The van der Waals surface area contributed by atoms with Gasteiger partial charge in [0.2, 0.25) is 0 Å². The molecule has 0 saturated heterocycles. The van der Waals surface area contributed by atoms with E-state index in [9.17, 15) is 4.79 Å². The number of nitrogens with two attached hydrogens (primary N) is 1. The number of likely N-dealkylation sites (N-methyl/N-ethyl adjacent to an activating group) is 1. The second-order valence-electron chi connectivity index (χ2n) is 3.95. The highest BCUT2D eigenvalue weighted by atomic mass is 16.5. The monoisotopic (exact) mass is 236 g/mol. The topological polar surface area (TPSA) is 55.6 Å². The van der Waals surface area contributed by atoms with Gasteiger partial charge in [-0.15, -0.1) is 0 Å².